The van der Waals surface area contributed by atoms with Crippen molar-refractivity contribution >= 4 is 45.4 Å². The van der Waals surface area contributed by atoms with Gasteiger partial charge in [-0.25, -0.2) is 0 Å². The van der Waals surface area contributed by atoms with E-state index < -0.39 is 12.0 Å². The molecule has 1 aromatic carbocycles. The molecule has 1 fully saturated rings. The molecule has 1 atom stereocenters. The molecule has 1 unspecified atom stereocenters. The molecule has 1 aliphatic heterocycles. The average Bonchev–Trinajstić information content (AvgIpc) is 3.04. The Hall–Kier alpha value is -1.82. The van der Waals surface area contributed by atoms with Gasteiger partial charge in [-0.15, -0.1) is 11.3 Å². The van der Waals surface area contributed by atoms with Gasteiger partial charge in [0.2, 0.25) is 0 Å². The van der Waals surface area contributed by atoms with E-state index in [-0.39, 0.29) is 4.88 Å². The summed E-state index contributed by atoms with van der Waals surface area (Å²) in [5.74, 6) is -0.613. The summed E-state index contributed by atoms with van der Waals surface area (Å²) in [6.07, 6.45) is -0.724. The summed E-state index contributed by atoms with van der Waals surface area (Å²) in [7, 11) is 1.49. The normalized spacial score (nSPS) is 15.4. The maximum Gasteiger partial charge on any atom is 0.259 e. The first kappa shape index (κ1) is 19.9. The maximum absolute atomic E-state index is 12.1. The van der Waals surface area contributed by atoms with Crippen LogP contribution in [0.5, 0.6) is 0 Å². The van der Waals surface area contributed by atoms with Crippen molar-refractivity contribution in [3.63, 3.8) is 0 Å². The van der Waals surface area contributed by atoms with Crippen LogP contribution in [0.3, 0.4) is 0 Å². The molecule has 3 rings (SSSR count). The van der Waals surface area contributed by atoms with Crippen LogP contribution in [0.1, 0.15) is 32.5 Å². The zero-order valence-electron chi connectivity index (χ0n) is 14.5. The predicted molar refractivity (Wildman–Crippen MR) is 106 cm³/mol. The molecule has 2 heterocycles. The van der Waals surface area contributed by atoms with E-state index in [2.05, 4.69) is 6.07 Å². The Morgan fingerprint density at radius 1 is 1.41 bits per heavy atom. The molecule has 1 amide bonds. The number of benzene rings is 1. The second kappa shape index (κ2) is 8.46. The number of primary amides is 1. The smallest absolute Gasteiger partial charge is 0.259 e. The van der Waals surface area contributed by atoms with Crippen LogP contribution in [0.25, 0.3) is 0 Å². The number of anilines is 1. The van der Waals surface area contributed by atoms with Gasteiger partial charge < -0.3 is 20.1 Å². The molecule has 1 saturated heterocycles. The lowest BCUT2D eigenvalue weighted by molar-refractivity contribution is 0.0992. The first-order chi connectivity index (χ1) is 13.0. The van der Waals surface area contributed by atoms with Crippen LogP contribution in [-0.2, 0) is 9.47 Å². The molecule has 142 valence electrons. The highest BCUT2D eigenvalue weighted by Crippen LogP contribution is 2.43. The van der Waals surface area contributed by atoms with E-state index in [1.807, 2.05) is 4.90 Å². The molecule has 1 aliphatic rings. The SMILES string of the molecule is COC(c1ccc(Cl)cc1Cl)c1c(C(N)=O)sc(N2CCOCC2)c1C#N. The van der Waals surface area contributed by atoms with Crippen molar-refractivity contribution in [2.24, 2.45) is 5.73 Å². The van der Waals surface area contributed by atoms with Crippen molar-refractivity contribution in [1.82, 2.24) is 0 Å². The zero-order chi connectivity index (χ0) is 19.6. The van der Waals surface area contributed by atoms with E-state index in [0.29, 0.717) is 58.0 Å². The minimum atomic E-state index is -0.724. The molecule has 0 radical (unpaired) electrons. The highest BCUT2D eigenvalue weighted by molar-refractivity contribution is 7.18. The summed E-state index contributed by atoms with van der Waals surface area (Å²) in [6.45, 7) is 2.37. The first-order valence-corrected chi connectivity index (χ1v) is 9.72. The van der Waals surface area contributed by atoms with Crippen LogP contribution in [0.15, 0.2) is 18.2 Å². The first-order valence-electron chi connectivity index (χ1n) is 8.15. The molecule has 0 bridgehead atoms. The largest absolute Gasteiger partial charge is 0.378 e. The molecular formula is C18H17Cl2N3O3S. The summed E-state index contributed by atoms with van der Waals surface area (Å²) >= 11 is 13.5. The van der Waals surface area contributed by atoms with Crippen molar-refractivity contribution in [2.75, 3.05) is 38.3 Å². The van der Waals surface area contributed by atoms with Crippen LogP contribution in [0.4, 0.5) is 5.00 Å². The van der Waals surface area contributed by atoms with E-state index in [1.54, 1.807) is 18.2 Å². The summed E-state index contributed by atoms with van der Waals surface area (Å²) < 4.78 is 11.0. The number of halogens is 2. The van der Waals surface area contributed by atoms with Gasteiger partial charge in [0, 0.05) is 41.4 Å². The highest BCUT2D eigenvalue weighted by atomic mass is 35.5. The van der Waals surface area contributed by atoms with Gasteiger partial charge in [-0.2, -0.15) is 5.26 Å². The van der Waals surface area contributed by atoms with Gasteiger partial charge in [0.05, 0.1) is 18.8 Å². The lowest BCUT2D eigenvalue weighted by Crippen LogP contribution is -2.36. The molecule has 0 saturated carbocycles. The molecule has 9 heteroatoms. The van der Waals surface area contributed by atoms with Gasteiger partial charge >= 0.3 is 0 Å². The maximum atomic E-state index is 12.1. The molecule has 0 spiro atoms. The second-order valence-corrected chi connectivity index (χ2v) is 7.72. The van der Waals surface area contributed by atoms with Crippen molar-refractivity contribution < 1.29 is 14.3 Å². The standard InChI is InChI=1S/C18H17Cl2N3O3S/c1-25-15(11-3-2-10(19)8-13(11)20)14-12(9-21)18(27-16(14)17(22)24)23-4-6-26-7-5-23/h2-3,8,15H,4-7H2,1H3,(H2,22,24). The molecule has 2 aromatic rings. The Balaban J connectivity index is 2.18. The lowest BCUT2D eigenvalue weighted by Gasteiger charge is -2.28. The topological polar surface area (TPSA) is 88.6 Å². The van der Waals surface area contributed by atoms with Gasteiger partial charge in [-0.1, -0.05) is 29.3 Å². The van der Waals surface area contributed by atoms with Crippen LogP contribution in [0.2, 0.25) is 10.0 Å². The van der Waals surface area contributed by atoms with E-state index in [9.17, 15) is 10.1 Å². The number of nitrogens with zero attached hydrogens (tertiary/aromatic N) is 2. The number of carbonyl (C=O) groups excluding carboxylic acids is 1. The van der Waals surface area contributed by atoms with Crippen LogP contribution < -0.4 is 10.6 Å². The minimum absolute atomic E-state index is 0.283. The Kier molecular flexibility index (Phi) is 6.25. The summed E-state index contributed by atoms with van der Waals surface area (Å²) in [6, 6.07) is 7.22. The van der Waals surface area contributed by atoms with E-state index >= 15 is 0 Å². The number of ether oxygens (including phenoxy) is 2. The molecular weight excluding hydrogens is 409 g/mol. The lowest BCUT2D eigenvalue weighted by atomic mass is 9.97. The number of methoxy groups -OCH3 is 1. The molecule has 1 aromatic heterocycles. The van der Waals surface area contributed by atoms with Gasteiger partial charge in [0.15, 0.2) is 0 Å². The van der Waals surface area contributed by atoms with Gasteiger partial charge in [-0.3, -0.25) is 4.79 Å². The van der Waals surface area contributed by atoms with Crippen molar-refractivity contribution in [1.29, 1.82) is 5.26 Å². The molecule has 6 nitrogen and oxygen atoms in total. The molecule has 2 N–H and O–H groups in total. The number of carbonyl (C=O) groups is 1. The zero-order valence-corrected chi connectivity index (χ0v) is 16.8. The fourth-order valence-corrected chi connectivity index (χ4v) is 4.77. The third-order valence-corrected chi connectivity index (χ3v) is 6.15. The fraction of sp³-hybridized carbons (Fsp3) is 0.333. The second-order valence-electron chi connectivity index (χ2n) is 5.88. The van der Waals surface area contributed by atoms with E-state index in [1.165, 1.54) is 18.4 Å². The quantitative estimate of drug-likeness (QED) is 0.790. The van der Waals surface area contributed by atoms with E-state index in [4.69, 9.17) is 38.4 Å². The van der Waals surface area contributed by atoms with Crippen LogP contribution >= 0.6 is 34.5 Å². The van der Waals surface area contributed by atoms with Gasteiger partial charge in [0.1, 0.15) is 22.1 Å². The van der Waals surface area contributed by atoms with Crippen molar-refractivity contribution in [2.45, 2.75) is 6.10 Å². The molecule has 0 aliphatic carbocycles. The number of rotatable bonds is 5. The Morgan fingerprint density at radius 3 is 2.67 bits per heavy atom. The van der Waals surface area contributed by atoms with Crippen molar-refractivity contribution in [3.05, 3.63) is 49.8 Å². The Bertz CT molecular complexity index is 904. The average molecular weight is 426 g/mol. The summed E-state index contributed by atoms with van der Waals surface area (Å²) in [4.78, 5) is 14.5. The molecule has 27 heavy (non-hydrogen) atoms. The third-order valence-electron chi connectivity index (χ3n) is 4.30. The minimum Gasteiger partial charge on any atom is -0.378 e. The summed E-state index contributed by atoms with van der Waals surface area (Å²) in [5.41, 5.74) is 7.03. The Morgan fingerprint density at radius 2 is 2.11 bits per heavy atom. The summed E-state index contributed by atoms with van der Waals surface area (Å²) in [5, 5.41) is 11.4. The number of morpholine rings is 1. The number of hydrogen-bond acceptors (Lipinski definition) is 6. The number of amides is 1. The van der Waals surface area contributed by atoms with Crippen LogP contribution in [-0.4, -0.2) is 39.3 Å². The highest BCUT2D eigenvalue weighted by Gasteiger charge is 2.32. The number of nitriles is 1. The monoisotopic (exact) mass is 425 g/mol. The van der Waals surface area contributed by atoms with Gasteiger partial charge in [0.25, 0.3) is 5.91 Å². The van der Waals surface area contributed by atoms with Gasteiger partial charge in [-0.05, 0) is 12.1 Å². The van der Waals surface area contributed by atoms with E-state index in [0.717, 1.165) is 0 Å². The van der Waals surface area contributed by atoms with Crippen molar-refractivity contribution in [3.8, 4) is 6.07 Å². The number of thiophene rings is 1. The number of nitrogens with two attached hydrogens (primary N) is 1. The third kappa shape index (κ3) is 3.91. The fourth-order valence-electron chi connectivity index (χ4n) is 3.08. The van der Waals surface area contributed by atoms with Crippen LogP contribution in [0, 0.1) is 11.3 Å². The predicted octanol–water partition coefficient (Wildman–Crippen LogP) is 3.60. The number of hydrogen-bond donors (Lipinski definition) is 1. The Labute approximate surface area is 171 Å².